The quantitative estimate of drug-likeness (QED) is 0.463. The Labute approximate surface area is 184 Å². The van der Waals surface area contributed by atoms with Gasteiger partial charge in [0.2, 0.25) is 0 Å². The molecular formula is C25H23N3O2S. The Morgan fingerprint density at radius 2 is 1.94 bits per heavy atom. The van der Waals surface area contributed by atoms with Crippen molar-refractivity contribution in [2.75, 3.05) is 18.4 Å². The number of rotatable bonds is 5. The van der Waals surface area contributed by atoms with E-state index in [1.54, 1.807) is 16.7 Å². The first-order valence-corrected chi connectivity index (χ1v) is 11.3. The second kappa shape index (κ2) is 8.13. The van der Waals surface area contributed by atoms with E-state index in [0.717, 1.165) is 46.0 Å². The molecule has 31 heavy (non-hydrogen) atoms. The first kappa shape index (κ1) is 19.7. The summed E-state index contributed by atoms with van der Waals surface area (Å²) < 4.78 is 1.70. The Morgan fingerprint density at radius 1 is 1.10 bits per heavy atom. The maximum Gasteiger partial charge on any atom is 0.256 e. The van der Waals surface area contributed by atoms with Crippen LogP contribution in [0, 0.1) is 6.92 Å². The van der Waals surface area contributed by atoms with Crippen LogP contribution in [-0.4, -0.2) is 29.5 Å². The molecule has 2 N–H and O–H groups in total. The maximum atomic E-state index is 13.7. The van der Waals surface area contributed by atoms with Crippen molar-refractivity contribution in [3.05, 3.63) is 93.8 Å². The van der Waals surface area contributed by atoms with Crippen molar-refractivity contribution < 1.29 is 4.79 Å². The third-order valence-corrected chi connectivity index (χ3v) is 6.78. The van der Waals surface area contributed by atoms with Gasteiger partial charge in [0.25, 0.3) is 5.56 Å². The molecule has 0 radical (unpaired) electrons. The predicted octanol–water partition coefficient (Wildman–Crippen LogP) is 4.37. The number of pyridine rings is 1. The molecule has 0 bridgehead atoms. The number of aryl methyl sites for hydroxylation is 1. The molecule has 0 spiro atoms. The van der Waals surface area contributed by atoms with E-state index in [-0.39, 0.29) is 17.4 Å². The van der Waals surface area contributed by atoms with Gasteiger partial charge in [0.15, 0.2) is 5.78 Å². The molecule has 1 fully saturated rings. The van der Waals surface area contributed by atoms with Gasteiger partial charge in [-0.1, -0.05) is 53.3 Å². The summed E-state index contributed by atoms with van der Waals surface area (Å²) in [6.07, 6.45) is 0.998. The molecule has 2 aromatic carbocycles. The average molecular weight is 430 g/mol. The van der Waals surface area contributed by atoms with Crippen molar-refractivity contribution in [3.63, 3.8) is 0 Å². The average Bonchev–Trinajstić information content (AvgIpc) is 3.41. The van der Waals surface area contributed by atoms with Crippen molar-refractivity contribution in [2.24, 2.45) is 0 Å². The Balaban J connectivity index is 1.74. The van der Waals surface area contributed by atoms with Gasteiger partial charge in [-0.05, 0) is 44.2 Å². The monoisotopic (exact) mass is 429 g/mol. The van der Waals surface area contributed by atoms with Crippen molar-refractivity contribution in [1.29, 1.82) is 0 Å². The molecule has 5 nitrogen and oxygen atoms in total. The van der Waals surface area contributed by atoms with Gasteiger partial charge in [0, 0.05) is 29.6 Å². The van der Waals surface area contributed by atoms with Crippen LogP contribution < -0.4 is 16.2 Å². The summed E-state index contributed by atoms with van der Waals surface area (Å²) in [7, 11) is 0. The van der Waals surface area contributed by atoms with Crippen molar-refractivity contribution >= 4 is 32.3 Å². The number of benzene rings is 2. The zero-order valence-electron chi connectivity index (χ0n) is 17.2. The van der Waals surface area contributed by atoms with Gasteiger partial charge in [0.05, 0.1) is 11.3 Å². The van der Waals surface area contributed by atoms with Crippen LogP contribution in [0.5, 0.6) is 0 Å². The van der Waals surface area contributed by atoms with E-state index in [4.69, 9.17) is 0 Å². The van der Waals surface area contributed by atoms with Crippen LogP contribution in [-0.2, 0) is 0 Å². The predicted molar refractivity (Wildman–Crippen MR) is 127 cm³/mol. The van der Waals surface area contributed by atoms with E-state index in [2.05, 4.69) is 10.6 Å². The fourth-order valence-corrected chi connectivity index (χ4v) is 5.41. The molecule has 1 aliphatic heterocycles. The molecule has 156 valence electrons. The lowest BCUT2D eigenvalue weighted by Crippen LogP contribution is -2.22. The number of nitrogens with one attached hydrogen (secondary N) is 2. The van der Waals surface area contributed by atoms with Crippen molar-refractivity contribution in [3.8, 4) is 5.69 Å². The lowest BCUT2D eigenvalue weighted by molar-refractivity contribution is 0.104. The molecule has 1 saturated heterocycles. The molecule has 1 atom stereocenters. The minimum atomic E-state index is -0.108. The van der Waals surface area contributed by atoms with Crippen LogP contribution in [0.25, 0.3) is 15.9 Å². The molecule has 0 amide bonds. The second-order valence-corrected chi connectivity index (χ2v) is 8.90. The first-order valence-electron chi connectivity index (χ1n) is 10.4. The summed E-state index contributed by atoms with van der Waals surface area (Å²) in [6, 6.07) is 20.8. The highest BCUT2D eigenvalue weighted by Crippen LogP contribution is 2.38. The SMILES string of the molecule is Cc1cccc(C(=O)c2c(N[C@H]3CCNC3)sc3c2ccc(=O)n3-c2ccccc2)c1. The van der Waals surface area contributed by atoms with Crippen LogP contribution in [0.4, 0.5) is 5.00 Å². The number of ketones is 1. The Morgan fingerprint density at radius 3 is 2.68 bits per heavy atom. The number of anilines is 1. The number of carbonyl (C=O) groups is 1. The van der Waals surface area contributed by atoms with Crippen molar-refractivity contribution in [2.45, 2.75) is 19.4 Å². The van der Waals surface area contributed by atoms with Gasteiger partial charge in [0.1, 0.15) is 9.83 Å². The number of hydrogen-bond donors (Lipinski definition) is 2. The molecule has 5 rings (SSSR count). The minimum Gasteiger partial charge on any atom is -0.372 e. The van der Waals surface area contributed by atoms with E-state index in [1.807, 2.05) is 61.5 Å². The van der Waals surface area contributed by atoms with Crippen molar-refractivity contribution in [1.82, 2.24) is 9.88 Å². The second-order valence-electron chi connectivity index (χ2n) is 7.90. The van der Waals surface area contributed by atoms with E-state index >= 15 is 0 Å². The summed E-state index contributed by atoms with van der Waals surface area (Å²) in [6.45, 7) is 3.80. The lowest BCUT2D eigenvalue weighted by Gasteiger charge is -2.13. The zero-order chi connectivity index (χ0) is 21.4. The van der Waals surface area contributed by atoms with Gasteiger partial charge >= 0.3 is 0 Å². The Bertz CT molecular complexity index is 1320. The topological polar surface area (TPSA) is 63.1 Å². The van der Waals surface area contributed by atoms with Gasteiger partial charge < -0.3 is 10.6 Å². The molecule has 2 aromatic heterocycles. The van der Waals surface area contributed by atoms with Crippen LogP contribution in [0.3, 0.4) is 0 Å². The molecule has 4 aromatic rings. The fourth-order valence-electron chi connectivity index (χ4n) is 4.12. The molecule has 0 saturated carbocycles. The number of para-hydroxylation sites is 1. The van der Waals surface area contributed by atoms with E-state index in [9.17, 15) is 9.59 Å². The summed E-state index contributed by atoms with van der Waals surface area (Å²) in [5.41, 5.74) is 3.03. The molecule has 0 aliphatic carbocycles. The standard InChI is InChI=1S/C25H23N3O2S/c1-16-6-5-7-17(14-16)23(30)22-20-10-11-21(29)28(19-8-3-2-4-9-19)25(20)31-24(22)27-18-12-13-26-15-18/h2-11,14,18,26-27H,12-13,15H2,1H3/t18-/m0/s1. The highest BCUT2D eigenvalue weighted by Gasteiger charge is 2.25. The van der Waals surface area contributed by atoms with Gasteiger partial charge in [-0.2, -0.15) is 0 Å². The largest absolute Gasteiger partial charge is 0.372 e. The molecule has 3 heterocycles. The van der Waals surface area contributed by atoms with E-state index in [1.165, 1.54) is 11.3 Å². The van der Waals surface area contributed by atoms with Crippen LogP contribution in [0.2, 0.25) is 0 Å². The highest BCUT2D eigenvalue weighted by atomic mass is 32.1. The maximum absolute atomic E-state index is 13.7. The van der Waals surface area contributed by atoms with Gasteiger partial charge in [-0.25, -0.2) is 0 Å². The van der Waals surface area contributed by atoms with Crippen LogP contribution in [0.15, 0.2) is 71.5 Å². The summed E-state index contributed by atoms with van der Waals surface area (Å²) in [4.78, 5) is 27.3. The lowest BCUT2D eigenvalue weighted by atomic mass is 10.0. The number of aromatic nitrogens is 1. The summed E-state index contributed by atoms with van der Waals surface area (Å²) in [5, 5.41) is 8.57. The number of fused-ring (bicyclic) bond motifs is 1. The number of nitrogens with zero attached hydrogens (tertiary/aromatic N) is 1. The highest BCUT2D eigenvalue weighted by molar-refractivity contribution is 7.23. The third-order valence-electron chi connectivity index (χ3n) is 5.66. The smallest absolute Gasteiger partial charge is 0.256 e. The Hall–Kier alpha value is -3.22. The number of carbonyl (C=O) groups excluding carboxylic acids is 1. The first-order chi connectivity index (χ1) is 15.1. The minimum absolute atomic E-state index is 0.0262. The van der Waals surface area contributed by atoms with Gasteiger partial charge in [-0.3, -0.25) is 14.2 Å². The van der Waals surface area contributed by atoms with Crippen LogP contribution >= 0.6 is 11.3 Å². The number of thiophene rings is 1. The third kappa shape index (κ3) is 3.69. The molecule has 6 heteroatoms. The summed E-state index contributed by atoms with van der Waals surface area (Å²) >= 11 is 1.48. The van der Waals surface area contributed by atoms with E-state index < -0.39 is 0 Å². The molecule has 0 unspecified atom stereocenters. The molecule has 1 aliphatic rings. The molecular weight excluding hydrogens is 406 g/mol. The number of hydrogen-bond acceptors (Lipinski definition) is 5. The fraction of sp³-hybridized carbons (Fsp3) is 0.200. The van der Waals surface area contributed by atoms with Crippen LogP contribution in [0.1, 0.15) is 27.9 Å². The van der Waals surface area contributed by atoms with Gasteiger partial charge in [-0.15, -0.1) is 0 Å². The van der Waals surface area contributed by atoms with E-state index in [0.29, 0.717) is 11.1 Å². The zero-order valence-corrected chi connectivity index (χ0v) is 18.0. The Kier molecular flexibility index (Phi) is 5.18. The normalized spacial score (nSPS) is 16.0. The summed E-state index contributed by atoms with van der Waals surface area (Å²) in [5.74, 6) is -0.0262.